The van der Waals surface area contributed by atoms with Crippen LogP contribution in [0.25, 0.3) is 0 Å². The summed E-state index contributed by atoms with van der Waals surface area (Å²) in [6.45, 7) is 0. The van der Waals surface area contributed by atoms with E-state index in [1.165, 1.54) is 10.7 Å². The van der Waals surface area contributed by atoms with Gasteiger partial charge in [-0.25, -0.2) is 0 Å². The Balaban J connectivity index is 2.33. The van der Waals surface area contributed by atoms with Crippen LogP contribution in [0.15, 0.2) is 35.6 Å². The van der Waals surface area contributed by atoms with Gasteiger partial charge in [0, 0.05) is 23.8 Å². The van der Waals surface area contributed by atoms with E-state index in [0.717, 1.165) is 0 Å². The first-order valence-electron chi connectivity index (χ1n) is 5.59. The molecule has 0 bridgehead atoms. The Morgan fingerprint density at radius 2 is 2.25 bits per heavy atom. The van der Waals surface area contributed by atoms with Crippen molar-refractivity contribution in [1.29, 1.82) is 0 Å². The molecule has 0 radical (unpaired) electrons. The van der Waals surface area contributed by atoms with Gasteiger partial charge < -0.3 is 16.3 Å². The van der Waals surface area contributed by atoms with Gasteiger partial charge in [-0.3, -0.25) is 9.48 Å². The van der Waals surface area contributed by atoms with Crippen LogP contribution in [0.2, 0.25) is 5.02 Å². The van der Waals surface area contributed by atoms with Gasteiger partial charge in [0.15, 0.2) is 11.5 Å². The molecule has 0 atom stereocenters. The number of rotatable bonds is 3. The molecule has 1 amide bonds. The number of hydrogen-bond acceptors (Lipinski definition) is 4. The van der Waals surface area contributed by atoms with Crippen LogP contribution in [-0.4, -0.2) is 26.7 Å². The minimum atomic E-state index is -0.417. The molecule has 0 unspecified atom stereocenters. The zero-order chi connectivity index (χ0) is 14.7. The number of nitrogens with two attached hydrogens (primary N) is 1. The van der Waals surface area contributed by atoms with Gasteiger partial charge in [0.25, 0.3) is 5.91 Å². The van der Waals surface area contributed by atoms with Crippen LogP contribution >= 0.6 is 11.6 Å². The van der Waals surface area contributed by atoms with Crippen molar-refractivity contribution in [3.05, 3.63) is 46.7 Å². The molecule has 0 aliphatic carbocycles. The Bertz CT molecular complexity index is 680. The number of carbonyl (C=O) groups excluding carboxylic acids is 1. The van der Waals surface area contributed by atoms with Gasteiger partial charge >= 0.3 is 0 Å². The number of carbonyl (C=O) groups is 1. The van der Waals surface area contributed by atoms with Crippen molar-refractivity contribution in [3.63, 3.8) is 0 Å². The maximum absolute atomic E-state index is 12.0. The normalized spacial score (nSPS) is 11.4. The minimum Gasteiger partial charge on any atom is -0.409 e. The van der Waals surface area contributed by atoms with E-state index in [2.05, 4.69) is 15.6 Å². The maximum Gasteiger partial charge on any atom is 0.276 e. The fourth-order valence-corrected chi connectivity index (χ4v) is 1.79. The molecule has 0 saturated carbocycles. The van der Waals surface area contributed by atoms with Crippen molar-refractivity contribution in [3.8, 4) is 0 Å². The van der Waals surface area contributed by atoms with Crippen molar-refractivity contribution in [2.24, 2.45) is 17.9 Å². The lowest BCUT2D eigenvalue weighted by Gasteiger charge is -2.09. The molecular formula is C12H12ClN5O2. The first kappa shape index (κ1) is 13.9. The molecule has 0 saturated heterocycles. The number of anilines is 1. The van der Waals surface area contributed by atoms with Gasteiger partial charge in [-0.1, -0.05) is 16.8 Å². The van der Waals surface area contributed by atoms with Gasteiger partial charge in [0.1, 0.15) is 0 Å². The summed E-state index contributed by atoms with van der Waals surface area (Å²) in [6.07, 6.45) is 1.65. The molecule has 8 heteroatoms. The number of hydrogen-bond donors (Lipinski definition) is 3. The van der Waals surface area contributed by atoms with Crippen LogP contribution in [0, 0.1) is 0 Å². The fraction of sp³-hybridized carbons (Fsp3) is 0.0833. The third-order valence-corrected chi connectivity index (χ3v) is 2.79. The van der Waals surface area contributed by atoms with Crippen molar-refractivity contribution >= 4 is 29.0 Å². The molecule has 0 fully saturated rings. The molecule has 1 aromatic heterocycles. The molecule has 2 rings (SSSR count). The van der Waals surface area contributed by atoms with Crippen molar-refractivity contribution in [2.75, 3.05) is 5.32 Å². The molecule has 0 aliphatic rings. The lowest BCUT2D eigenvalue weighted by atomic mass is 10.1. The maximum atomic E-state index is 12.0. The number of halogens is 1. The highest BCUT2D eigenvalue weighted by molar-refractivity contribution is 6.31. The van der Waals surface area contributed by atoms with Crippen LogP contribution < -0.4 is 11.1 Å². The monoisotopic (exact) mass is 293 g/mol. The first-order valence-corrected chi connectivity index (χ1v) is 5.97. The average Bonchev–Trinajstić information content (AvgIpc) is 2.85. The third kappa shape index (κ3) is 2.89. The van der Waals surface area contributed by atoms with Crippen molar-refractivity contribution in [2.45, 2.75) is 0 Å². The molecular weight excluding hydrogens is 282 g/mol. The summed E-state index contributed by atoms with van der Waals surface area (Å²) in [5.41, 5.74) is 6.50. The number of benzene rings is 1. The summed E-state index contributed by atoms with van der Waals surface area (Å²) in [5, 5.41) is 18.7. The zero-order valence-corrected chi connectivity index (χ0v) is 11.3. The molecule has 20 heavy (non-hydrogen) atoms. The summed E-state index contributed by atoms with van der Waals surface area (Å²) in [5.74, 6) is -0.544. The molecule has 7 nitrogen and oxygen atoms in total. The number of aryl methyl sites for hydroxylation is 1. The van der Waals surface area contributed by atoms with Gasteiger partial charge in [-0.15, -0.1) is 0 Å². The minimum absolute atomic E-state index is 0.127. The predicted molar refractivity (Wildman–Crippen MR) is 75.1 cm³/mol. The second-order valence-electron chi connectivity index (χ2n) is 4.00. The zero-order valence-electron chi connectivity index (χ0n) is 10.5. The van der Waals surface area contributed by atoms with E-state index in [1.54, 1.807) is 31.4 Å². The van der Waals surface area contributed by atoms with Gasteiger partial charge in [-0.05, 0) is 24.3 Å². The Morgan fingerprint density at radius 3 is 2.85 bits per heavy atom. The van der Waals surface area contributed by atoms with Crippen molar-refractivity contribution < 1.29 is 10.0 Å². The molecule has 1 aromatic carbocycles. The van der Waals surface area contributed by atoms with E-state index in [9.17, 15) is 4.79 Å². The SMILES string of the molecule is Cn1ccc(C(=O)Nc2cc(Cl)ccc2/C(N)=N/O)n1. The van der Waals surface area contributed by atoms with E-state index in [1.807, 2.05) is 0 Å². The number of nitrogens with one attached hydrogen (secondary N) is 1. The summed E-state index contributed by atoms with van der Waals surface area (Å²) in [6, 6.07) is 6.20. The number of aromatic nitrogens is 2. The summed E-state index contributed by atoms with van der Waals surface area (Å²) in [7, 11) is 1.71. The van der Waals surface area contributed by atoms with Crippen molar-refractivity contribution in [1.82, 2.24) is 9.78 Å². The van der Waals surface area contributed by atoms with Crippen LogP contribution in [0.4, 0.5) is 5.69 Å². The molecule has 0 aliphatic heterocycles. The summed E-state index contributed by atoms with van der Waals surface area (Å²) < 4.78 is 1.51. The van der Waals surface area contributed by atoms with Crippen LogP contribution in [0.3, 0.4) is 0 Å². The smallest absolute Gasteiger partial charge is 0.276 e. The lowest BCUT2D eigenvalue weighted by molar-refractivity contribution is 0.102. The highest BCUT2D eigenvalue weighted by atomic mass is 35.5. The Morgan fingerprint density at radius 1 is 1.50 bits per heavy atom. The number of amides is 1. The quantitative estimate of drug-likeness (QED) is 0.344. The average molecular weight is 294 g/mol. The molecule has 2 aromatic rings. The fourth-order valence-electron chi connectivity index (χ4n) is 1.62. The van der Waals surface area contributed by atoms with Crippen LogP contribution in [0.5, 0.6) is 0 Å². The summed E-state index contributed by atoms with van der Waals surface area (Å²) >= 11 is 5.88. The standard InChI is InChI=1S/C12H12ClN5O2/c1-18-5-4-9(16-18)12(19)15-10-6-7(13)2-3-8(10)11(14)17-20/h2-6,20H,1H3,(H2,14,17)(H,15,19). The van der Waals surface area contributed by atoms with E-state index in [-0.39, 0.29) is 11.5 Å². The van der Waals surface area contributed by atoms with Gasteiger partial charge in [-0.2, -0.15) is 5.10 Å². The second kappa shape index (κ2) is 5.62. The third-order valence-electron chi connectivity index (χ3n) is 2.56. The van der Waals surface area contributed by atoms with Gasteiger partial charge in [0.2, 0.25) is 0 Å². The second-order valence-corrected chi connectivity index (χ2v) is 4.44. The Kier molecular flexibility index (Phi) is 3.90. The number of nitrogens with zero attached hydrogens (tertiary/aromatic N) is 3. The molecule has 0 spiro atoms. The van der Waals surface area contributed by atoms with Crippen LogP contribution in [0.1, 0.15) is 16.1 Å². The van der Waals surface area contributed by atoms with E-state index >= 15 is 0 Å². The lowest BCUT2D eigenvalue weighted by Crippen LogP contribution is -2.19. The molecule has 4 N–H and O–H groups in total. The van der Waals surface area contributed by atoms with Gasteiger partial charge in [0.05, 0.1) is 5.69 Å². The Hall–Kier alpha value is -2.54. The first-order chi connectivity index (χ1) is 9.51. The largest absolute Gasteiger partial charge is 0.409 e. The number of amidine groups is 1. The Labute approximate surface area is 119 Å². The highest BCUT2D eigenvalue weighted by Crippen LogP contribution is 2.21. The molecule has 1 heterocycles. The van der Waals surface area contributed by atoms with E-state index < -0.39 is 5.91 Å². The van der Waals surface area contributed by atoms with E-state index in [4.69, 9.17) is 22.5 Å². The topological polar surface area (TPSA) is 106 Å². The molecule has 104 valence electrons. The number of oxime groups is 1. The van der Waals surface area contributed by atoms with E-state index in [0.29, 0.717) is 16.3 Å². The van der Waals surface area contributed by atoms with Crippen LogP contribution in [-0.2, 0) is 7.05 Å². The highest BCUT2D eigenvalue weighted by Gasteiger charge is 2.14. The summed E-state index contributed by atoms with van der Waals surface area (Å²) in [4.78, 5) is 12.0. The predicted octanol–water partition coefficient (Wildman–Crippen LogP) is 1.42.